The van der Waals surface area contributed by atoms with Gasteiger partial charge in [0, 0.05) is 44.2 Å². The fraction of sp³-hybridized carbons (Fsp3) is 0.367. The number of aryl methyl sites for hydroxylation is 3. The van der Waals surface area contributed by atoms with Crippen molar-refractivity contribution in [1.82, 2.24) is 9.97 Å². The first-order valence-electron chi connectivity index (χ1n) is 11.5. The molecule has 2 aromatic heterocycles. The summed E-state index contributed by atoms with van der Waals surface area (Å²) < 4.78 is 0. The molecule has 0 saturated carbocycles. The summed E-state index contributed by atoms with van der Waals surface area (Å²) in [6, 6.07) is 12.4. The molecule has 0 aliphatic rings. The third-order valence-electron chi connectivity index (χ3n) is 5.39. The number of hydrogen-bond acceptors (Lipinski definition) is 4. The maximum absolute atomic E-state index is 11.5. The molecule has 35 heavy (non-hydrogen) atoms. The van der Waals surface area contributed by atoms with E-state index in [2.05, 4.69) is 55.1 Å². The van der Waals surface area contributed by atoms with E-state index in [1.54, 1.807) is 6.20 Å². The number of allylic oxidation sites excluding steroid dienone is 2. The molecule has 0 spiro atoms. The molecule has 0 bridgehead atoms. The molecule has 0 amide bonds. The molecule has 3 rings (SSSR count). The number of hydrogen-bond donors (Lipinski definition) is 1. The van der Waals surface area contributed by atoms with E-state index in [1.807, 2.05) is 65.9 Å². The molecular formula is C30H37N2O2Pt-. The Morgan fingerprint density at radius 2 is 1.49 bits per heavy atom. The van der Waals surface area contributed by atoms with Gasteiger partial charge in [-0.1, -0.05) is 71.5 Å². The first-order valence-corrected chi connectivity index (χ1v) is 11.5. The minimum Gasteiger partial charge on any atom is -0.512 e. The quantitative estimate of drug-likeness (QED) is 0.180. The van der Waals surface area contributed by atoms with E-state index < -0.39 is 5.41 Å². The summed E-state index contributed by atoms with van der Waals surface area (Å²) >= 11 is 0. The second kappa shape index (κ2) is 12.4. The van der Waals surface area contributed by atoms with Crippen LogP contribution in [0.25, 0.3) is 22.4 Å². The van der Waals surface area contributed by atoms with Crippen LogP contribution in [0, 0.1) is 37.8 Å². The summed E-state index contributed by atoms with van der Waals surface area (Å²) in [7, 11) is 0. The number of ketones is 1. The first kappa shape index (κ1) is 30.4. The molecule has 1 aromatic carbocycles. The molecular weight excluding hydrogens is 615 g/mol. The third-order valence-corrected chi connectivity index (χ3v) is 5.39. The van der Waals surface area contributed by atoms with E-state index in [9.17, 15) is 9.90 Å². The van der Waals surface area contributed by atoms with E-state index >= 15 is 0 Å². The summed E-state index contributed by atoms with van der Waals surface area (Å²) in [6.07, 6.45) is 7.91. The molecule has 0 unspecified atom stereocenters. The van der Waals surface area contributed by atoms with Crippen molar-refractivity contribution in [3.8, 4) is 22.4 Å². The minimum atomic E-state index is -0.417. The van der Waals surface area contributed by atoms with Crippen molar-refractivity contribution in [3.05, 3.63) is 83.5 Å². The zero-order valence-corrected chi connectivity index (χ0v) is 24.5. The normalized spacial score (nSPS) is 11.7. The van der Waals surface area contributed by atoms with Gasteiger partial charge in [-0.25, -0.2) is 0 Å². The predicted octanol–water partition coefficient (Wildman–Crippen LogP) is 7.62. The van der Waals surface area contributed by atoms with Crippen LogP contribution in [0.1, 0.15) is 58.2 Å². The van der Waals surface area contributed by atoms with Gasteiger partial charge >= 0.3 is 0 Å². The Bertz CT molecular complexity index is 1150. The van der Waals surface area contributed by atoms with Crippen molar-refractivity contribution in [2.75, 3.05) is 0 Å². The van der Waals surface area contributed by atoms with Crippen LogP contribution in [0.2, 0.25) is 0 Å². The van der Waals surface area contributed by atoms with Crippen LogP contribution in [-0.2, 0) is 25.9 Å². The fourth-order valence-corrected chi connectivity index (χ4v) is 3.44. The van der Waals surface area contributed by atoms with Gasteiger partial charge in [0.1, 0.15) is 5.76 Å². The van der Waals surface area contributed by atoms with Crippen molar-refractivity contribution in [1.29, 1.82) is 0 Å². The summed E-state index contributed by atoms with van der Waals surface area (Å²) in [5, 5.41) is 9.56. The number of aliphatic hydroxyl groups is 1. The van der Waals surface area contributed by atoms with Gasteiger partial charge < -0.3 is 15.1 Å². The molecule has 4 nitrogen and oxygen atoms in total. The van der Waals surface area contributed by atoms with E-state index in [0.717, 1.165) is 16.8 Å². The molecule has 2 heterocycles. The average molecular weight is 653 g/mol. The number of pyridine rings is 2. The van der Waals surface area contributed by atoms with Gasteiger partial charge in [0.2, 0.25) is 0 Å². The third kappa shape index (κ3) is 8.54. The molecule has 0 aliphatic carbocycles. The van der Waals surface area contributed by atoms with Crippen LogP contribution in [0.5, 0.6) is 0 Å². The van der Waals surface area contributed by atoms with E-state index in [-0.39, 0.29) is 38.0 Å². The van der Waals surface area contributed by atoms with Gasteiger partial charge in [-0.05, 0) is 61.0 Å². The van der Waals surface area contributed by atoms with Crippen LogP contribution in [0.4, 0.5) is 0 Å². The smallest absolute Gasteiger partial charge is 0.164 e. The van der Waals surface area contributed by atoms with Crippen molar-refractivity contribution < 1.29 is 31.0 Å². The maximum Gasteiger partial charge on any atom is 0.164 e. The van der Waals surface area contributed by atoms with Gasteiger partial charge in [0.25, 0.3) is 0 Å². The molecule has 0 fully saturated rings. The molecule has 0 aliphatic heterocycles. The molecule has 0 radical (unpaired) electrons. The zero-order chi connectivity index (χ0) is 25.7. The number of aromatic nitrogens is 2. The van der Waals surface area contributed by atoms with Crippen LogP contribution in [-0.4, -0.2) is 20.9 Å². The predicted molar refractivity (Wildman–Crippen MR) is 141 cm³/mol. The fourth-order valence-electron chi connectivity index (χ4n) is 3.44. The molecule has 3 aromatic rings. The Morgan fingerprint density at radius 3 is 1.97 bits per heavy atom. The maximum atomic E-state index is 11.5. The van der Waals surface area contributed by atoms with Gasteiger partial charge in [-0.15, -0.1) is 17.7 Å². The number of nitrogens with zero attached hydrogens (tertiary/aromatic N) is 2. The van der Waals surface area contributed by atoms with Crippen molar-refractivity contribution in [2.45, 2.75) is 62.3 Å². The van der Waals surface area contributed by atoms with Crippen LogP contribution >= 0.6 is 0 Å². The van der Waals surface area contributed by atoms with Gasteiger partial charge in [0.15, 0.2) is 5.78 Å². The van der Waals surface area contributed by atoms with Gasteiger partial charge in [0.05, 0.1) is 0 Å². The van der Waals surface area contributed by atoms with Crippen LogP contribution < -0.4 is 0 Å². The van der Waals surface area contributed by atoms with Crippen LogP contribution in [0.15, 0.2) is 60.6 Å². The number of rotatable bonds is 3. The summed E-state index contributed by atoms with van der Waals surface area (Å²) in [4.78, 5) is 20.1. The summed E-state index contributed by atoms with van der Waals surface area (Å²) in [5.41, 5.74) is 7.30. The largest absolute Gasteiger partial charge is 0.512 e. The molecule has 5 heteroatoms. The molecule has 1 N–H and O–H groups in total. The number of benzene rings is 1. The second-order valence-corrected chi connectivity index (χ2v) is 10.7. The molecule has 190 valence electrons. The number of aliphatic hydroxyl groups excluding tert-OH is 1. The molecule has 0 atom stereocenters. The van der Waals surface area contributed by atoms with E-state index in [0.29, 0.717) is 0 Å². The zero-order valence-electron chi connectivity index (χ0n) is 22.3. The topological polar surface area (TPSA) is 63.1 Å². The minimum absolute atomic E-state index is 0. The Balaban J connectivity index is 0.000000383. The Morgan fingerprint density at radius 1 is 0.914 bits per heavy atom. The second-order valence-electron chi connectivity index (χ2n) is 10.7. The average Bonchev–Trinajstić information content (AvgIpc) is 2.73. The van der Waals surface area contributed by atoms with Crippen molar-refractivity contribution >= 4 is 5.78 Å². The van der Waals surface area contributed by atoms with Crippen LogP contribution in [0.3, 0.4) is 0 Å². The van der Waals surface area contributed by atoms with E-state index in [1.165, 1.54) is 28.3 Å². The van der Waals surface area contributed by atoms with Gasteiger partial charge in [-0.2, -0.15) is 0 Å². The standard InChI is InChI=1S/C19H17N2.C11H20O2.Pt/c1-13-10-14(2)18(15(3)11-13)17-7-5-9-21-19(17)16-6-4-8-20-12-16;1-10(2,3)8(12)7-9(13)11(4,5)6;/h4-11H,1-3H3;7,12H,1-6H3;/q-1;;. The van der Waals surface area contributed by atoms with Crippen molar-refractivity contribution in [2.24, 2.45) is 10.8 Å². The monoisotopic (exact) mass is 652 g/mol. The Kier molecular flexibility index (Phi) is 10.8. The summed E-state index contributed by atoms with van der Waals surface area (Å²) in [5.74, 6) is 0.104. The first-order chi connectivity index (χ1) is 15.7. The number of carbonyl (C=O) groups excluding carboxylic acids is 1. The van der Waals surface area contributed by atoms with E-state index in [4.69, 9.17) is 0 Å². The number of carbonyl (C=O) groups is 1. The van der Waals surface area contributed by atoms with Crippen molar-refractivity contribution in [3.63, 3.8) is 0 Å². The SMILES string of the molecule is CC(C)(C)C(=O)C=C(O)C(C)(C)C.Cc1cc(C)c(-c2cccnc2-c2[c-]nccc2)c(C)c1.[Pt]. The summed E-state index contributed by atoms with van der Waals surface area (Å²) in [6.45, 7) is 17.5. The Hall–Kier alpha value is -2.58. The Labute approximate surface area is 225 Å². The molecule has 0 saturated heterocycles. The van der Waals surface area contributed by atoms with Gasteiger partial charge in [-0.3, -0.25) is 4.79 Å².